The summed E-state index contributed by atoms with van der Waals surface area (Å²) in [5.41, 5.74) is 11.6. The van der Waals surface area contributed by atoms with Crippen molar-refractivity contribution >= 4 is 17.9 Å². The molecule has 0 saturated carbocycles. The zero-order valence-electron chi connectivity index (χ0n) is 13.8. The summed E-state index contributed by atoms with van der Waals surface area (Å²) in [7, 11) is 0. The summed E-state index contributed by atoms with van der Waals surface area (Å²) >= 11 is 0. The van der Waals surface area contributed by atoms with Crippen molar-refractivity contribution in [1.29, 1.82) is 0 Å². The predicted molar refractivity (Wildman–Crippen MR) is 85.4 cm³/mol. The molecular formula is C14H30N2O6. The molecule has 0 rings (SSSR count). The quantitative estimate of drug-likeness (QED) is 0.476. The summed E-state index contributed by atoms with van der Waals surface area (Å²) in [6.07, 6.45) is 6.88. The van der Waals surface area contributed by atoms with Crippen molar-refractivity contribution in [1.82, 2.24) is 0 Å². The summed E-state index contributed by atoms with van der Waals surface area (Å²) < 4.78 is 0. The molecule has 8 heteroatoms. The molecule has 0 atom stereocenters. The highest BCUT2D eigenvalue weighted by atomic mass is 16.4. The fourth-order valence-electron chi connectivity index (χ4n) is 0.765. The van der Waals surface area contributed by atoms with Gasteiger partial charge in [-0.15, -0.1) is 0 Å². The number of allylic oxidation sites excluding steroid dienone is 1. The van der Waals surface area contributed by atoms with Crippen molar-refractivity contribution in [2.24, 2.45) is 11.5 Å². The Labute approximate surface area is 131 Å². The maximum Gasteiger partial charge on any atom is 0.300 e. The summed E-state index contributed by atoms with van der Waals surface area (Å²) in [5, 5.41) is 22.2. The Morgan fingerprint density at radius 2 is 1.23 bits per heavy atom. The van der Waals surface area contributed by atoms with E-state index in [1.54, 1.807) is 0 Å². The highest BCUT2D eigenvalue weighted by molar-refractivity contribution is 5.63. The number of hydrogen-bond acceptors (Lipinski definition) is 5. The summed E-state index contributed by atoms with van der Waals surface area (Å²) in [6, 6.07) is 0. The first kappa shape index (κ1) is 28.1. The van der Waals surface area contributed by atoms with Gasteiger partial charge in [0, 0.05) is 33.0 Å². The third kappa shape index (κ3) is 147. The van der Waals surface area contributed by atoms with Crippen LogP contribution in [0.4, 0.5) is 0 Å². The van der Waals surface area contributed by atoms with Crippen molar-refractivity contribution in [3.05, 3.63) is 11.8 Å². The molecule has 0 bridgehead atoms. The lowest BCUT2D eigenvalue weighted by Gasteiger charge is -1.95. The van der Waals surface area contributed by atoms with Crippen LogP contribution in [0.2, 0.25) is 0 Å². The van der Waals surface area contributed by atoms with Crippen LogP contribution in [0.1, 0.15) is 53.4 Å². The molecule has 0 aromatic carbocycles. The van der Waals surface area contributed by atoms with E-state index in [1.165, 1.54) is 19.3 Å². The highest BCUT2D eigenvalue weighted by Gasteiger charge is 1.85. The van der Waals surface area contributed by atoms with Gasteiger partial charge in [-0.25, -0.2) is 0 Å². The van der Waals surface area contributed by atoms with Crippen LogP contribution in [0, 0.1) is 0 Å². The van der Waals surface area contributed by atoms with Crippen LogP contribution >= 0.6 is 0 Å². The second-order valence-corrected chi connectivity index (χ2v) is 4.04. The minimum Gasteiger partial charge on any atom is -0.481 e. The van der Waals surface area contributed by atoms with Crippen LogP contribution in [0.25, 0.3) is 0 Å². The zero-order valence-corrected chi connectivity index (χ0v) is 13.8. The van der Waals surface area contributed by atoms with Crippen LogP contribution in [0.15, 0.2) is 11.8 Å². The van der Waals surface area contributed by atoms with E-state index in [0.29, 0.717) is 6.54 Å². The monoisotopic (exact) mass is 322 g/mol. The van der Waals surface area contributed by atoms with Gasteiger partial charge < -0.3 is 26.8 Å². The van der Waals surface area contributed by atoms with Gasteiger partial charge in [0.2, 0.25) is 0 Å². The van der Waals surface area contributed by atoms with E-state index in [-0.39, 0.29) is 0 Å². The molecule has 0 amide bonds. The van der Waals surface area contributed by atoms with Crippen molar-refractivity contribution in [2.75, 3.05) is 6.54 Å². The van der Waals surface area contributed by atoms with Gasteiger partial charge in [0.25, 0.3) is 17.9 Å². The standard InChI is InChI=1S/C8H18N2.3C2H4O2/c1-2-3-4-5-6-8(10)7-9;3*1-2(3)4/h6H,2-5,7,9-10H2,1H3;3*1H3,(H,3,4). The molecule has 7 N–H and O–H groups in total. The van der Waals surface area contributed by atoms with Crippen LogP contribution in [-0.4, -0.2) is 39.8 Å². The van der Waals surface area contributed by atoms with Crippen LogP contribution in [0.5, 0.6) is 0 Å². The molecule has 132 valence electrons. The van der Waals surface area contributed by atoms with Gasteiger partial charge >= 0.3 is 0 Å². The first-order chi connectivity index (χ1) is 10.0. The highest BCUT2D eigenvalue weighted by Crippen LogP contribution is 2.00. The molecular weight excluding hydrogens is 292 g/mol. The second kappa shape index (κ2) is 24.0. The number of unbranched alkanes of at least 4 members (excludes halogenated alkanes) is 3. The van der Waals surface area contributed by atoms with Gasteiger partial charge in [-0.2, -0.15) is 0 Å². The first-order valence-electron chi connectivity index (χ1n) is 6.74. The molecule has 0 aromatic rings. The third-order valence-electron chi connectivity index (χ3n) is 1.45. The summed E-state index contributed by atoms with van der Waals surface area (Å²) in [5.74, 6) is -2.50. The molecule has 22 heavy (non-hydrogen) atoms. The van der Waals surface area contributed by atoms with Crippen LogP contribution in [0.3, 0.4) is 0 Å². The van der Waals surface area contributed by atoms with Gasteiger partial charge in [-0.1, -0.05) is 25.8 Å². The van der Waals surface area contributed by atoms with Crippen molar-refractivity contribution in [2.45, 2.75) is 53.4 Å². The molecule has 0 aliphatic heterocycles. The molecule has 0 aromatic heterocycles. The Kier molecular flexibility index (Phi) is 30.6. The van der Waals surface area contributed by atoms with E-state index < -0.39 is 17.9 Å². The smallest absolute Gasteiger partial charge is 0.300 e. The number of hydrogen-bond donors (Lipinski definition) is 5. The van der Waals surface area contributed by atoms with E-state index in [1.807, 2.05) is 6.08 Å². The number of carbonyl (C=O) groups is 3. The van der Waals surface area contributed by atoms with Crippen molar-refractivity contribution in [3.63, 3.8) is 0 Å². The zero-order chi connectivity index (χ0) is 18.6. The number of rotatable bonds is 5. The molecule has 0 heterocycles. The van der Waals surface area contributed by atoms with E-state index in [9.17, 15) is 0 Å². The molecule has 8 nitrogen and oxygen atoms in total. The van der Waals surface area contributed by atoms with Crippen LogP contribution in [-0.2, 0) is 14.4 Å². The van der Waals surface area contributed by atoms with Crippen molar-refractivity contribution in [3.8, 4) is 0 Å². The van der Waals surface area contributed by atoms with Gasteiger partial charge in [0.05, 0.1) is 0 Å². The lowest BCUT2D eigenvalue weighted by Crippen LogP contribution is -2.10. The van der Waals surface area contributed by atoms with E-state index >= 15 is 0 Å². The maximum atomic E-state index is 9.00. The summed E-state index contributed by atoms with van der Waals surface area (Å²) in [6.45, 7) is 5.93. The second-order valence-electron chi connectivity index (χ2n) is 4.04. The van der Waals surface area contributed by atoms with E-state index in [2.05, 4.69) is 6.92 Å². The average Bonchev–Trinajstić information content (AvgIpc) is 2.32. The Bertz CT molecular complexity index is 276. The largest absolute Gasteiger partial charge is 0.481 e. The van der Waals surface area contributed by atoms with Gasteiger partial charge in [-0.3, -0.25) is 14.4 Å². The van der Waals surface area contributed by atoms with Gasteiger partial charge in [0.1, 0.15) is 0 Å². The SMILES string of the molecule is CC(=O)O.CC(=O)O.CC(=O)O.CCCCCC=C(N)CN. The molecule has 0 aliphatic carbocycles. The van der Waals surface area contributed by atoms with Crippen LogP contribution < -0.4 is 11.5 Å². The molecule has 0 aliphatic rings. The number of nitrogens with two attached hydrogens (primary N) is 2. The lowest BCUT2D eigenvalue weighted by molar-refractivity contribution is -0.135. The number of carboxylic acids is 3. The first-order valence-corrected chi connectivity index (χ1v) is 6.74. The minimum atomic E-state index is -0.833. The molecule has 0 radical (unpaired) electrons. The average molecular weight is 322 g/mol. The van der Waals surface area contributed by atoms with Gasteiger partial charge in [-0.05, 0) is 12.8 Å². The fraction of sp³-hybridized carbons (Fsp3) is 0.643. The van der Waals surface area contributed by atoms with Gasteiger partial charge in [0.15, 0.2) is 0 Å². The lowest BCUT2D eigenvalue weighted by atomic mass is 10.2. The Morgan fingerprint density at radius 3 is 1.45 bits per heavy atom. The molecule has 0 unspecified atom stereocenters. The topological polar surface area (TPSA) is 164 Å². The summed E-state index contributed by atoms with van der Waals surface area (Å²) in [4.78, 5) is 27.0. The Balaban J connectivity index is -0.000000112. The van der Waals surface area contributed by atoms with E-state index in [4.69, 9.17) is 41.2 Å². The number of aliphatic carboxylic acids is 3. The maximum absolute atomic E-state index is 9.00. The normalized spacial score (nSPS) is 8.86. The van der Waals surface area contributed by atoms with E-state index in [0.717, 1.165) is 32.9 Å². The predicted octanol–water partition coefficient (Wildman–Crippen LogP) is 1.64. The number of carboxylic acid groups (broad SMARTS) is 3. The third-order valence-corrected chi connectivity index (χ3v) is 1.45. The molecule has 0 saturated heterocycles. The van der Waals surface area contributed by atoms with Crippen molar-refractivity contribution < 1.29 is 29.7 Å². The molecule has 0 spiro atoms. The molecule has 0 fully saturated rings. The fourth-order valence-corrected chi connectivity index (χ4v) is 0.765. The minimum absolute atomic E-state index is 0.492. The Morgan fingerprint density at radius 1 is 0.909 bits per heavy atom. The Hall–Kier alpha value is -2.09.